The molecule has 0 aliphatic heterocycles. The van der Waals surface area contributed by atoms with Crippen molar-refractivity contribution in [1.29, 1.82) is 0 Å². The molecule has 0 radical (unpaired) electrons. The fourth-order valence-corrected chi connectivity index (χ4v) is 1.43. The van der Waals surface area contributed by atoms with Crippen molar-refractivity contribution in [1.82, 2.24) is 10.8 Å². The molecule has 1 aromatic carbocycles. The zero-order valence-electron chi connectivity index (χ0n) is 12.6. The van der Waals surface area contributed by atoms with Crippen LogP contribution in [-0.2, 0) is 20.9 Å². The number of rotatable bonds is 8. The van der Waals surface area contributed by atoms with Crippen molar-refractivity contribution in [3.8, 4) is 0 Å². The van der Waals surface area contributed by atoms with Gasteiger partial charge in [0.05, 0.1) is 6.61 Å². The minimum atomic E-state index is -1.06. The number of alkyl carbamates (subject to hydrolysis) is 1. The van der Waals surface area contributed by atoms with Crippen molar-refractivity contribution in [3.63, 3.8) is 0 Å². The van der Waals surface area contributed by atoms with Gasteiger partial charge in [-0.1, -0.05) is 30.3 Å². The van der Waals surface area contributed by atoms with Crippen molar-refractivity contribution in [2.45, 2.75) is 26.2 Å². The molecule has 0 aliphatic carbocycles. The predicted octanol–water partition coefficient (Wildman–Crippen LogP) is 1.27. The number of ether oxygens (including phenoxy) is 2. The van der Waals surface area contributed by atoms with Crippen LogP contribution < -0.4 is 16.5 Å². The fraction of sp³-hybridized carbons (Fsp3) is 0.429. The lowest BCUT2D eigenvalue weighted by atomic mass is 10.2. The average Bonchev–Trinajstić information content (AvgIpc) is 2.49. The summed E-state index contributed by atoms with van der Waals surface area (Å²) in [5.41, 5.74) is 7.75. The zero-order valence-corrected chi connectivity index (χ0v) is 12.6. The van der Waals surface area contributed by atoms with Gasteiger partial charge in [0.15, 0.2) is 5.79 Å². The lowest BCUT2D eigenvalue weighted by molar-refractivity contribution is -0.234. The molecule has 22 heavy (non-hydrogen) atoms. The molecule has 0 aromatic heterocycles. The van der Waals surface area contributed by atoms with Crippen molar-refractivity contribution in [2.75, 3.05) is 13.2 Å². The van der Waals surface area contributed by atoms with Gasteiger partial charge in [-0.25, -0.2) is 19.9 Å². The Labute approximate surface area is 128 Å². The third kappa shape index (κ3) is 8.08. The smallest absolute Gasteiger partial charge is 0.407 e. The Morgan fingerprint density at radius 3 is 2.55 bits per heavy atom. The number of amides is 3. The van der Waals surface area contributed by atoms with Gasteiger partial charge in [-0.05, 0) is 19.4 Å². The second-order valence-corrected chi connectivity index (χ2v) is 4.81. The first-order valence-electron chi connectivity index (χ1n) is 6.71. The molecule has 122 valence electrons. The van der Waals surface area contributed by atoms with Crippen LogP contribution in [0, 0.1) is 0 Å². The highest BCUT2D eigenvalue weighted by Crippen LogP contribution is 2.08. The van der Waals surface area contributed by atoms with Gasteiger partial charge in [-0.2, -0.15) is 0 Å². The van der Waals surface area contributed by atoms with E-state index >= 15 is 0 Å². The number of carbonyl (C=O) groups excluding carboxylic acids is 2. The maximum absolute atomic E-state index is 11.5. The van der Waals surface area contributed by atoms with Crippen LogP contribution >= 0.6 is 0 Å². The summed E-state index contributed by atoms with van der Waals surface area (Å²) in [7, 11) is 0. The van der Waals surface area contributed by atoms with Gasteiger partial charge in [0.2, 0.25) is 0 Å². The van der Waals surface area contributed by atoms with Crippen molar-refractivity contribution in [2.24, 2.45) is 5.73 Å². The highest BCUT2D eigenvalue weighted by molar-refractivity contribution is 5.70. The van der Waals surface area contributed by atoms with Gasteiger partial charge in [-0.15, -0.1) is 0 Å². The Morgan fingerprint density at radius 2 is 1.91 bits per heavy atom. The van der Waals surface area contributed by atoms with Crippen molar-refractivity contribution in [3.05, 3.63) is 35.9 Å². The maximum atomic E-state index is 11.5. The number of nitrogens with one attached hydrogen (secondary N) is 2. The third-order valence-corrected chi connectivity index (χ3v) is 2.43. The summed E-state index contributed by atoms with van der Waals surface area (Å²) in [4.78, 5) is 26.9. The SMILES string of the molecule is CC(C)(OCCNC(=O)OCc1ccccc1)ONC(N)=O. The minimum absolute atomic E-state index is 0.174. The van der Waals surface area contributed by atoms with E-state index in [-0.39, 0.29) is 19.8 Å². The monoisotopic (exact) mass is 311 g/mol. The Balaban J connectivity index is 2.13. The maximum Gasteiger partial charge on any atom is 0.407 e. The summed E-state index contributed by atoms with van der Waals surface area (Å²) in [6.07, 6.45) is -0.540. The minimum Gasteiger partial charge on any atom is -0.445 e. The number of hydrogen-bond donors (Lipinski definition) is 3. The molecule has 0 saturated carbocycles. The van der Waals surface area contributed by atoms with Crippen LogP contribution in [0.1, 0.15) is 19.4 Å². The molecular formula is C14H21N3O5. The molecule has 3 amide bonds. The number of carbonyl (C=O) groups is 2. The quantitative estimate of drug-likeness (QED) is 0.380. The molecule has 0 spiro atoms. The van der Waals surface area contributed by atoms with Crippen LogP contribution in [0.15, 0.2) is 30.3 Å². The predicted molar refractivity (Wildman–Crippen MR) is 78.5 cm³/mol. The number of benzene rings is 1. The molecule has 0 atom stereocenters. The van der Waals surface area contributed by atoms with E-state index in [1.54, 1.807) is 13.8 Å². The molecular weight excluding hydrogens is 290 g/mol. The largest absolute Gasteiger partial charge is 0.445 e. The normalized spacial score (nSPS) is 10.8. The van der Waals surface area contributed by atoms with E-state index in [0.717, 1.165) is 5.56 Å². The summed E-state index contributed by atoms with van der Waals surface area (Å²) in [5, 5.41) is 2.54. The summed E-state index contributed by atoms with van der Waals surface area (Å²) >= 11 is 0. The standard InChI is InChI=1S/C14H21N3O5/c1-14(2,22-17-12(15)18)21-9-8-16-13(19)20-10-11-6-4-3-5-7-11/h3-7H,8-10H2,1-2H3,(H,16,19)(H3,15,17,18). The number of primary amides is 1. The number of urea groups is 1. The molecule has 0 bridgehead atoms. The van der Waals surface area contributed by atoms with Gasteiger partial charge in [0.25, 0.3) is 0 Å². The van der Waals surface area contributed by atoms with Crippen LogP contribution in [-0.4, -0.2) is 31.1 Å². The first kappa shape index (κ1) is 17.7. The van der Waals surface area contributed by atoms with Gasteiger partial charge in [0, 0.05) is 6.54 Å². The van der Waals surface area contributed by atoms with E-state index in [1.165, 1.54) is 0 Å². The van der Waals surface area contributed by atoms with Crippen molar-refractivity contribution < 1.29 is 23.9 Å². The Hall–Kier alpha value is -2.32. The fourth-order valence-electron chi connectivity index (χ4n) is 1.43. The van der Waals surface area contributed by atoms with E-state index in [2.05, 4.69) is 5.32 Å². The number of hydrogen-bond acceptors (Lipinski definition) is 5. The average molecular weight is 311 g/mol. The lowest BCUT2D eigenvalue weighted by Gasteiger charge is -2.24. The zero-order chi connectivity index (χ0) is 16.4. The summed E-state index contributed by atoms with van der Waals surface area (Å²) in [5.74, 6) is -1.06. The van der Waals surface area contributed by atoms with E-state index in [4.69, 9.17) is 20.0 Å². The molecule has 1 aromatic rings. The summed E-state index contributed by atoms with van der Waals surface area (Å²) < 4.78 is 10.4. The van der Waals surface area contributed by atoms with E-state index in [0.29, 0.717) is 0 Å². The summed E-state index contributed by atoms with van der Waals surface area (Å²) in [6.45, 7) is 3.79. The van der Waals surface area contributed by atoms with Crippen LogP contribution in [0.5, 0.6) is 0 Å². The Bertz CT molecular complexity index is 479. The first-order valence-corrected chi connectivity index (χ1v) is 6.71. The number of nitrogens with two attached hydrogens (primary N) is 1. The molecule has 0 aliphatic rings. The van der Waals surface area contributed by atoms with Crippen LogP contribution in [0.2, 0.25) is 0 Å². The van der Waals surface area contributed by atoms with Crippen molar-refractivity contribution >= 4 is 12.1 Å². The highest BCUT2D eigenvalue weighted by Gasteiger charge is 2.20. The van der Waals surface area contributed by atoms with Gasteiger partial charge in [-0.3, -0.25) is 0 Å². The summed E-state index contributed by atoms with van der Waals surface area (Å²) in [6, 6.07) is 8.53. The van der Waals surface area contributed by atoms with Gasteiger partial charge >= 0.3 is 12.1 Å². The first-order chi connectivity index (χ1) is 10.4. The van der Waals surface area contributed by atoms with E-state index in [9.17, 15) is 9.59 Å². The van der Waals surface area contributed by atoms with Gasteiger partial charge in [0.1, 0.15) is 6.61 Å². The highest BCUT2D eigenvalue weighted by atomic mass is 16.8. The van der Waals surface area contributed by atoms with E-state index in [1.807, 2.05) is 35.8 Å². The van der Waals surface area contributed by atoms with Crippen LogP contribution in [0.25, 0.3) is 0 Å². The molecule has 8 nitrogen and oxygen atoms in total. The molecule has 1 rings (SSSR count). The molecule has 0 unspecified atom stereocenters. The topological polar surface area (TPSA) is 112 Å². The van der Waals surface area contributed by atoms with Crippen LogP contribution in [0.3, 0.4) is 0 Å². The van der Waals surface area contributed by atoms with E-state index < -0.39 is 17.9 Å². The second-order valence-electron chi connectivity index (χ2n) is 4.81. The van der Waals surface area contributed by atoms with Crippen LogP contribution in [0.4, 0.5) is 9.59 Å². The Kier molecular flexibility index (Phi) is 7.14. The molecule has 0 heterocycles. The molecule has 0 saturated heterocycles. The van der Waals surface area contributed by atoms with Gasteiger partial charge < -0.3 is 20.5 Å². The lowest BCUT2D eigenvalue weighted by Crippen LogP contribution is -2.41. The molecule has 8 heteroatoms. The second kappa shape index (κ2) is 8.85. The third-order valence-electron chi connectivity index (χ3n) is 2.43. The molecule has 4 N–H and O–H groups in total. The Morgan fingerprint density at radius 1 is 1.23 bits per heavy atom. The molecule has 0 fully saturated rings. The number of hydroxylamine groups is 1.